The molecule has 148 valence electrons. The van der Waals surface area contributed by atoms with Crippen LogP contribution in [-0.2, 0) is 4.74 Å². The minimum Gasteiger partial charge on any atom is -0.462 e. The van der Waals surface area contributed by atoms with E-state index in [1.807, 2.05) is 30.0 Å². The third-order valence-electron chi connectivity index (χ3n) is 4.79. The van der Waals surface area contributed by atoms with Gasteiger partial charge in [0.25, 0.3) is 0 Å². The summed E-state index contributed by atoms with van der Waals surface area (Å²) in [6.45, 7) is 5.43. The molecule has 1 saturated heterocycles. The fraction of sp³-hybridized carbons (Fsp3) is 0.364. The van der Waals surface area contributed by atoms with E-state index in [0.717, 1.165) is 25.9 Å². The molecule has 2 amide bonds. The number of ether oxygens (including phenoxy) is 1. The lowest BCUT2D eigenvalue weighted by Gasteiger charge is -2.36. The Morgan fingerprint density at radius 1 is 0.964 bits per heavy atom. The number of nitrogens with zero attached hydrogens (tertiary/aromatic N) is 2. The first-order valence-corrected chi connectivity index (χ1v) is 9.80. The summed E-state index contributed by atoms with van der Waals surface area (Å²) in [5.41, 5.74) is 2.34. The van der Waals surface area contributed by atoms with Gasteiger partial charge in [0.05, 0.1) is 12.2 Å². The van der Waals surface area contributed by atoms with Gasteiger partial charge in [-0.05, 0) is 42.8 Å². The summed E-state index contributed by atoms with van der Waals surface area (Å²) in [6.07, 6.45) is 1.84. The van der Waals surface area contributed by atoms with Gasteiger partial charge >= 0.3 is 12.0 Å². The van der Waals surface area contributed by atoms with Crippen molar-refractivity contribution in [2.45, 2.75) is 19.8 Å². The smallest absolute Gasteiger partial charge is 0.338 e. The molecule has 0 unspecified atom stereocenters. The summed E-state index contributed by atoms with van der Waals surface area (Å²) in [5, 5.41) is 2.90. The lowest BCUT2D eigenvalue weighted by atomic mass is 10.2. The van der Waals surface area contributed by atoms with Crippen LogP contribution < -0.4 is 10.2 Å². The molecule has 3 rings (SSSR count). The van der Waals surface area contributed by atoms with E-state index < -0.39 is 0 Å². The lowest BCUT2D eigenvalue weighted by Crippen LogP contribution is -2.50. The fourth-order valence-electron chi connectivity index (χ4n) is 3.09. The average Bonchev–Trinajstić information content (AvgIpc) is 2.75. The molecule has 0 aromatic heterocycles. The molecular weight excluding hydrogens is 354 g/mol. The number of carbonyl (C=O) groups excluding carboxylic acids is 2. The Kier molecular flexibility index (Phi) is 6.89. The molecule has 2 aromatic carbocycles. The average molecular weight is 381 g/mol. The van der Waals surface area contributed by atoms with Gasteiger partial charge in [0.2, 0.25) is 0 Å². The quantitative estimate of drug-likeness (QED) is 0.607. The highest BCUT2D eigenvalue weighted by molar-refractivity contribution is 5.92. The van der Waals surface area contributed by atoms with E-state index >= 15 is 0 Å². The van der Waals surface area contributed by atoms with Gasteiger partial charge < -0.3 is 19.9 Å². The van der Waals surface area contributed by atoms with E-state index in [1.54, 1.807) is 24.3 Å². The molecule has 1 aliphatic rings. The first kappa shape index (κ1) is 19.7. The van der Waals surface area contributed by atoms with Crippen LogP contribution in [-0.4, -0.2) is 49.7 Å². The molecule has 0 saturated carbocycles. The van der Waals surface area contributed by atoms with Crippen molar-refractivity contribution in [2.24, 2.45) is 0 Å². The maximum atomic E-state index is 12.5. The summed E-state index contributed by atoms with van der Waals surface area (Å²) in [5.74, 6) is -0.330. The molecule has 6 nitrogen and oxygen atoms in total. The van der Waals surface area contributed by atoms with Crippen LogP contribution in [0.3, 0.4) is 0 Å². The van der Waals surface area contributed by atoms with Crippen molar-refractivity contribution in [2.75, 3.05) is 43.0 Å². The van der Waals surface area contributed by atoms with Crippen LogP contribution in [0, 0.1) is 0 Å². The van der Waals surface area contributed by atoms with Crippen molar-refractivity contribution in [3.63, 3.8) is 0 Å². The summed E-state index contributed by atoms with van der Waals surface area (Å²) in [6, 6.07) is 16.9. The van der Waals surface area contributed by atoms with Crippen LogP contribution in [0.25, 0.3) is 0 Å². The standard InChI is InChI=1S/C22H27N3O3/c1-2-3-17-28-21(26)18-9-11-19(12-10-18)23-22(27)25-15-13-24(14-16-25)20-7-5-4-6-8-20/h4-12H,2-3,13-17H2,1H3,(H,23,27). The minimum absolute atomic E-state index is 0.119. The summed E-state index contributed by atoms with van der Waals surface area (Å²) in [7, 11) is 0. The zero-order valence-corrected chi connectivity index (χ0v) is 16.3. The van der Waals surface area contributed by atoms with Crippen LogP contribution in [0.1, 0.15) is 30.1 Å². The van der Waals surface area contributed by atoms with Crippen molar-refractivity contribution in [3.05, 3.63) is 60.2 Å². The number of urea groups is 1. The van der Waals surface area contributed by atoms with Gasteiger partial charge in [-0.25, -0.2) is 9.59 Å². The number of hydrogen-bond acceptors (Lipinski definition) is 4. The third-order valence-corrected chi connectivity index (χ3v) is 4.79. The zero-order valence-electron chi connectivity index (χ0n) is 16.3. The molecule has 0 bridgehead atoms. The first-order chi connectivity index (χ1) is 13.7. The Labute approximate surface area is 166 Å². The van der Waals surface area contributed by atoms with Crippen LogP contribution in [0.2, 0.25) is 0 Å². The summed E-state index contributed by atoms with van der Waals surface area (Å²) < 4.78 is 5.19. The Morgan fingerprint density at radius 2 is 1.64 bits per heavy atom. The van der Waals surface area contributed by atoms with Gasteiger partial charge in [-0.1, -0.05) is 31.5 Å². The highest BCUT2D eigenvalue weighted by Crippen LogP contribution is 2.17. The number of piperazine rings is 1. The van der Waals surface area contributed by atoms with Gasteiger partial charge in [-0.2, -0.15) is 0 Å². The Hall–Kier alpha value is -3.02. The molecule has 1 aliphatic heterocycles. The predicted molar refractivity (Wildman–Crippen MR) is 111 cm³/mol. The number of para-hydroxylation sites is 1. The van der Waals surface area contributed by atoms with Gasteiger partial charge in [0, 0.05) is 37.6 Å². The molecule has 0 aliphatic carbocycles. The van der Waals surface area contributed by atoms with E-state index in [-0.39, 0.29) is 12.0 Å². The Balaban J connectivity index is 1.48. The molecular formula is C22H27N3O3. The first-order valence-electron chi connectivity index (χ1n) is 9.80. The van der Waals surface area contributed by atoms with Gasteiger partial charge in [-0.15, -0.1) is 0 Å². The molecule has 1 N–H and O–H groups in total. The number of amides is 2. The Bertz CT molecular complexity index is 769. The zero-order chi connectivity index (χ0) is 19.8. The van der Waals surface area contributed by atoms with E-state index in [1.165, 1.54) is 5.69 Å². The van der Waals surface area contributed by atoms with Crippen LogP contribution in [0.5, 0.6) is 0 Å². The molecule has 1 heterocycles. The fourth-order valence-corrected chi connectivity index (χ4v) is 3.09. The van der Waals surface area contributed by atoms with E-state index in [4.69, 9.17) is 4.74 Å². The molecule has 28 heavy (non-hydrogen) atoms. The van der Waals surface area contributed by atoms with Crippen LogP contribution >= 0.6 is 0 Å². The number of unbranched alkanes of at least 4 members (excludes halogenated alkanes) is 1. The molecule has 0 spiro atoms. The number of nitrogens with one attached hydrogen (secondary N) is 1. The third kappa shape index (κ3) is 5.25. The molecule has 1 fully saturated rings. The van der Waals surface area contributed by atoms with Crippen molar-refractivity contribution < 1.29 is 14.3 Å². The Morgan fingerprint density at radius 3 is 2.29 bits per heavy atom. The summed E-state index contributed by atoms with van der Waals surface area (Å²) in [4.78, 5) is 28.5. The minimum atomic E-state index is -0.330. The van der Waals surface area contributed by atoms with Crippen molar-refractivity contribution in [1.29, 1.82) is 0 Å². The number of hydrogen-bond donors (Lipinski definition) is 1. The van der Waals surface area contributed by atoms with E-state index in [9.17, 15) is 9.59 Å². The number of benzene rings is 2. The maximum Gasteiger partial charge on any atom is 0.338 e. The second-order valence-electron chi connectivity index (χ2n) is 6.81. The number of esters is 1. The molecule has 0 atom stereocenters. The van der Waals surface area contributed by atoms with Crippen LogP contribution in [0.15, 0.2) is 54.6 Å². The molecule has 0 radical (unpaired) electrons. The predicted octanol–water partition coefficient (Wildman–Crippen LogP) is 4.00. The SMILES string of the molecule is CCCCOC(=O)c1ccc(NC(=O)N2CCN(c3ccccc3)CC2)cc1. The largest absolute Gasteiger partial charge is 0.462 e. The normalized spacial score (nSPS) is 13.9. The van der Waals surface area contributed by atoms with E-state index in [2.05, 4.69) is 22.3 Å². The topological polar surface area (TPSA) is 61.9 Å². The maximum absolute atomic E-state index is 12.5. The van der Waals surface area contributed by atoms with Gasteiger partial charge in [-0.3, -0.25) is 0 Å². The second-order valence-corrected chi connectivity index (χ2v) is 6.81. The number of carbonyl (C=O) groups is 2. The highest BCUT2D eigenvalue weighted by Gasteiger charge is 2.21. The summed E-state index contributed by atoms with van der Waals surface area (Å²) >= 11 is 0. The lowest BCUT2D eigenvalue weighted by molar-refractivity contribution is 0.0500. The van der Waals surface area contributed by atoms with Crippen LogP contribution in [0.4, 0.5) is 16.2 Å². The molecule has 6 heteroatoms. The van der Waals surface area contributed by atoms with E-state index in [0.29, 0.717) is 30.9 Å². The van der Waals surface area contributed by atoms with Crippen molar-refractivity contribution >= 4 is 23.4 Å². The monoisotopic (exact) mass is 381 g/mol. The number of anilines is 2. The number of rotatable bonds is 6. The van der Waals surface area contributed by atoms with Gasteiger partial charge in [0.1, 0.15) is 0 Å². The highest BCUT2D eigenvalue weighted by atomic mass is 16.5. The van der Waals surface area contributed by atoms with Gasteiger partial charge in [0.15, 0.2) is 0 Å². The van der Waals surface area contributed by atoms with Crippen molar-refractivity contribution in [1.82, 2.24) is 4.90 Å². The van der Waals surface area contributed by atoms with Crippen molar-refractivity contribution in [3.8, 4) is 0 Å². The second kappa shape index (κ2) is 9.78. The molecule has 2 aromatic rings.